The van der Waals surface area contributed by atoms with E-state index in [-0.39, 0.29) is 6.10 Å². The standard InChI is InChI=1S/C15H21N5O/c1-11-8-13(18-12(2)17-11)14-9-20(6-7-21-14)10-15-16-4-5-19(15)3/h4-5,8,14H,6-7,9-10H2,1-3H3/t14-/m1/s1. The predicted molar refractivity (Wildman–Crippen MR) is 78.7 cm³/mol. The van der Waals surface area contributed by atoms with Crippen LogP contribution in [-0.4, -0.2) is 44.1 Å². The molecule has 3 heterocycles. The summed E-state index contributed by atoms with van der Waals surface area (Å²) in [6.07, 6.45) is 3.83. The van der Waals surface area contributed by atoms with E-state index in [1.165, 1.54) is 0 Å². The zero-order valence-corrected chi connectivity index (χ0v) is 12.8. The van der Waals surface area contributed by atoms with E-state index in [9.17, 15) is 0 Å². The lowest BCUT2D eigenvalue weighted by Gasteiger charge is -2.32. The number of ether oxygens (including phenoxy) is 1. The zero-order chi connectivity index (χ0) is 14.8. The molecule has 2 aromatic heterocycles. The van der Waals surface area contributed by atoms with Crippen LogP contribution in [0.2, 0.25) is 0 Å². The predicted octanol–water partition coefficient (Wildman–Crippen LogP) is 1.40. The van der Waals surface area contributed by atoms with E-state index in [2.05, 4.69) is 24.4 Å². The first kappa shape index (κ1) is 14.2. The molecule has 1 fully saturated rings. The highest BCUT2D eigenvalue weighted by Gasteiger charge is 2.24. The van der Waals surface area contributed by atoms with Crippen LogP contribution in [0.15, 0.2) is 18.5 Å². The van der Waals surface area contributed by atoms with Gasteiger partial charge in [0.15, 0.2) is 0 Å². The van der Waals surface area contributed by atoms with Gasteiger partial charge in [-0.1, -0.05) is 0 Å². The number of hydrogen-bond donors (Lipinski definition) is 0. The third-order valence-electron chi connectivity index (χ3n) is 3.75. The van der Waals surface area contributed by atoms with Crippen LogP contribution in [-0.2, 0) is 18.3 Å². The summed E-state index contributed by atoms with van der Waals surface area (Å²) in [6, 6.07) is 2.02. The Morgan fingerprint density at radius 3 is 2.90 bits per heavy atom. The fourth-order valence-corrected chi connectivity index (χ4v) is 2.68. The van der Waals surface area contributed by atoms with E-state index in [1.54, 1.807) is 0 Å². The molecule has 0 N–H and O–H groups in total. The third kappa shape index (κ3) is 3.28. The quantitative estimate of drug-likeness (QED) is 0.854. The van der Waals surface area contributed by atoms with Crippen LogP contribution in [0.25, 0.3) is 0 Å². The Morgan fingerprint density at radius 1 is 1.33 bits per heavy atom. The number of aryl methyl sites for hydroxylation is 3. The van der Waals surface area contributed by atoms with Gasteiger partial charge in [-0.05, 0) is 19.9 Å². The molecule has 0 unspecified atom stereocenters. The Hall–Kier alpha value is -1.79. The fourth-order valence-electron chi connectivity index (χ4n) is 2.68. The number of aromatic nitrogens is 4. The van der Waals surface area contributed by atoms with Gasteiger partial charge in [0, 0.05) is 38.2 Å². The number of nitrogens with zero attached hydrogens (tertiary/aromatic N) is 5. The Bertz CT molecular complexity index is 604. The Morgan fingerprint density at radius 2 is 2.19 bits per heavy atom. The van der Waals surface area contributed by atoms with Gasteiger partial charge < -0.3 is 9.30 Å². The summed E-state index contributed by atoms with van der Waals surface area (Å²) in [5.41, 5.74) is 1.96. The van der Waals surface area contributed by atoms with Crippen molar-refractivity contribution in [2.24, 2.45) is 7.05 Å². The minimum absolute atomic E-state index is 0.0134. The molecule has 6 nitrogen and oxygen atoms in total. The van der Waals surface area contributed by atoms with Crippen LogP contribution < -0.4 is 0 Å². The van der Waals surface area contributed by atoms with E-state index in [0.717, 1.165) is 49.3 Å². The summed E-state index contributed by atoms with van der Waals surface area (Å²) < 4.78 is 7.95. The van der Waals surface area contributed by atoms with Gasteiger partial charge in [0.25, 0.3) is 0 Å². The van der Waals surface area contributed by atoms with Crippen molar-refractivity contribution in [3.8, 4) is 0 Å². The summed E-state index contributed by atoms with van der Waals surface area (Å²) in [6.45, 7) is 7.23. The molecule has 0 spiro atoms. The normalized spacial score (nSPS) is 19.9. The Kier molecular flexibility index (Phi) is 3.98. The fraction of sp³-hybridized carbons (Fsp3) is 0.533. The monoisotopic (exact) mass is 287 g/mol. The van der Waals surface area contributed by atoms with E-state index in [0.29, 0.717) is 0 Å². The molecule has 6 heteroatoms. The highest BCUT2D eigenvalue weighted by Crippen LogP contribution is 2.22. The minimum atomic E-state index is 0.0134. The lowest BCUT2D eigenvalue weighted by atomic mass is 10.1. The van der Waals surface area contributed by atoms with E-state index in [4.69, 9.17) is 4.74 Å². The molecular weight excluding hydrogens is 266 g/mol. The van der Waals surface area contributed by atoms with Crippen molar-refractivity contribution in [3.05, 3.63) is 41.5 Å². The Labute approximate surface area is 124 Å². The summed E-state index contributed by atoms with van der Waals surface area (Å²) in [5, 5.41) is 0. The highest BCUT2D eigenvalue weighted by atomic mass is 16.5. The van der Waals surface area contributed by atoms with Gasteiger partial charge in [-0.15, -0.1) is 0 Å². The molecule has 21 heavy (non-hydrogen) atoms. The molecule has 0 bridgehead atoms. The van der Waals surface area contributed by atoms with Crippen LogP contribution >= 0.6 is 0 Å². The Balaban J connectivity index is 1.72. The molecule has 1 saturated heterocycles. The molecular formula is C15H21N5O. The van der Waals surface area contributed by atoms with Gasteiger partial charge in [0.05, 0.1) is 18.8 Å². The molecule has 3 rings (SSSR count). The first-order valence-corrected chi connectivity index (χ1v) is 7.24. The molecule has 1 atom stereocenters. The van der Waals surface area contributed by atoms with E-state index < -0.39 is 0 Å². The molecule has 0 aliphatic carbocycles. The van der Waals surface area contributed by atoms with Gasteiger partial charge in [-0.3, -0.25) is 4.90 Å². The minimum Gasteiger partial charge on any atom is -0.369 e. The van der Waals surface area contributed by atoms with Crippen LogP contribution in [0, 0.1) is 13.8 Å². The van der Waals surface area contributed by atoms with Crippen LogP contribution in [0.1, 0.15) is 29.1 Å². The SMILES string of the molecule is Cc1cc([C@H]2CN(Cc3nccn3C)CCO2)nc(C)n1. The largest absolute Gasteiger partial charge is 0.369 e. The molecule has 0 radical (unpaired) electrons. The second-order valence-electron chi connectivity index (χ2n) is 5.53. The zero-order valence-electron chi connectivity index (χ0n) is 12.8. The summed E-state index contributed by atoms with van der Waals surface area (Å²) in [7, 11) is 2.03. The van der Waals surface area contributed by atoms with Crippen molar-refractivity contribution in [2.75, 3.05) is 19.7 Å². The van der Waals surface area contributed by atoms with Gasteiger partial charge in [0.1, 0.15) is 17.8 Å². The number of imidazole rings is 1. The molecule has 0 saturated carbocycles. The third-order valence-corrected chi connectivity index (χ3v) is 3.75. The van der Waals surface area contributed by atoms with Crippen molar-refractivity contribution in [3.63, 3.8) is 0 Å². The van der Waals surface area contributed by atoms with Crippen LogP contribution in [0.4, 0.5) is 0 Å². The molecule has 1 aliphatic heterocycles. The topological polar surface area (TPSA) is 56.1 Å². The molecule has 0 aromatic carbocycles. The second-order valence-corrected chi connectivity index (χ2v) is 5.53. The lowest BCUT2D eigenvalue weighted by Crippen LogP contribution is -2.38. The first-order chi connectivity index (χ1) is 10.1. The summed E-state index contributed by atoms with van der Waals surface area (Å²) in [4.78, 5) is 15.6. The van der Waals surface area contributed by atoms with Crippen LogP contribution in [0.5, 0.6) is 0 Å². The van der Waals surface area contributed by atoms with Crippen molar-refractivity contribution >= 4 is 0 Å². The highest BCUT2D eigenvalue weighted by molar-refractivity contribution is 5.13. The maximum Gasteiger partial charge on any atom is 0.125 e. The number of hydrogen-bond acceptors (Lipinski definition) is 5. The van der Waals surface area contributed by atoms with Crippen molar-refractivity contribution in [1.29, 1.82) is 0 Å². The number of rotatable bonds is 3. The average Bonchev–Trinajstić information content (AvgIpc) is 2.84. The van der Waals surface area contributed by atoms with Gasteiger partial charge in [0.2, 0.25) is 0 Å². The van der Waals surface area contributed by atoms with Crippen LogP contribution in [0.3, 0.4) is 0 Å². The second kappa shape index (κ2) is 5.91. The van der Waals surface area contributed by atoms with E-state index >= 15 is 0 Å². The lowest BCUT2D eigenvalue weighted by molar-refractivity contribution is -0.0361. The smallest absolute Gasteiger partial charge is 0.125 e. The molecule has 1 aliphatic rings. The number of morpholine rings is 1. The molecule has 0 amide bonds. The maximum atomic E-state index is 5.89. The average molecular weight is 287 g/mol. The van der Waals surface area contributed by atoms with Gasteiger partial charge in [-0.2, -0.15) is 0 Å². The van der Waals surface area contributed by atoms with E-state index in [1.807, 2.05) is 39.4 Å². The van der Waals surface area contributed by atoms with Crippen molar-refractivity contribution < 1.29 is 4.74 Å². The van der Waals surface area contributed by atoms with Gasteiger partial charge in [-0.25, -0.2) is 15.0 Å². The molecule has 2 aromatic rings. The first-order valence-electron chi connectivity index (χ1n) is 7.24. The summed E-state index contributed by atoms with van der Waals surface area (Å²) >= 11 is 0. The summed E-state index contributed by atoms with van der Waals surface area (Å²) in [5.74, 6) is 1.88. The van der Waals surface area contributed by atoms with Gasteiger partial charge >= 0.3 is 0 Å². The van der Waals surface area contributed by atoms with Crippen molar-refractivity contribution in [1.82, 2.24) is 24.4 Å². The maximum absolute atomic E-state index is 5.89. The van der Waals surface area contributed by atoms with Crippen molar-refractivity contribution in [2.45, 2.75) is 26.5 Å². The molecule has 112 valence electrons.